The van der Waals surface area contributed by atoms with E-state index in [2.05, 4.69) is 20.3 Å². The number of hydrogen-bond acceptors (Lipinski definition) is 4. The molecule has 0 aliphatic rings. The number of benzene rings is 1. The van der Waals surface area contributed by atoms with Crippen LogP contribution in [-0.2, 0) is 13.1 Å². The van der Waals surface area contributed by atoms with Gasteiger partial charge < -0.3 is 15.0 Å². The molecule has 21 heavy (non-hydrogen) atoms. The number of pyridine rings is 1. The minimum atomic E-state index is 0.621. The summed E-state index contributed by atoms with van der Waals surface area (Å²) in [5.41, 5.74) is 1.01. The molecule has 0 radical (unpaired) electrons. The van der Waals surface area contributed by atoms with Crippen molar-refractivity contribution in [3.63, 3.8) is 0 Å². The van der Waals surface area contributed by atoms with Crippen LogP contribution >= 0.6 is 0 Å². The summed E-state index contributed by atoms with van der Waals surface area (Å²) in [4.78, 5) is 11.5. The summed E-state index contributed by atoms with van der Waals surface area (Å²) < 4.78 is 5.82. The van der Waals surface area contributed by atoms with Crippen LogP contribution in [0.3, 0.4) is 0 Å². The second kappa shape index (κ2) is 6.67. The van der Waals surface area contributed by atoms with Crippen molar-refractivity contribution >= 4 is 0 Å². The fourth-order valence-corrected chi connectivity index (χ4v) is 1.96. The SMILES string of the molecule is c1ccc(Oc2ncccc2CNCc2ncc[nH]2)cc1. The molecule has 5 heteroatoms. The van der Waals surface area contributed by atoms with Crippen molar-refractivity contribution in [2.24, 2.45) is 0 Å². The summed E-state index contributed by atoms with van der Waals surface area (Å²) in [5, 5.41) is 3.32. The van der Waals surface area contributed by atoms with E-state index in [9.17, 15) is 0 Å². The zero-order valence-corrected chi connectivity index (χ0v) is 11.5. The smallest absolute Gasteiger partial charge is 0.223 e. The average molecular weight is 280 g/mol. The van der Waals surface area contributed by atoms with E-state index in [1.807, 2.05) is 48.7 Å². The third-order valence-corrected chi connectivity index (χ3v) is 2.97. The van der Waals surface area contributed by atoms with E-state index in [1.165, 1.54) is 0 Å². The van der Waals surface area contributed by atoms with Gasteiger partial charge in [0.2, 0.25) is 5.88 Å². The Kier molecular flexibility index (Phi) is 4.24. The van der Waals surface area contributed by atoms with Crippen LogP contribution in [0.15, 0.2) is 61.1 Å². The van der Waals surface area contributed by atoms with Crippen LogP contribution in [-0.4, -0.2) is 15.0 Å². The number of H-pyrrole nitrogens is 1. The highest BCUT2D eigenvalue weighted by atomic mass is 16.5. The van der Waals surface area contributed by atoms with Gasteiger partial charge in [-0.15, -0.1) is 0 Å². The molecular weight excluding hydrogens is 264 g/mol. The Labute approximate surface area is 123 Å². The minimum Gasteiger partial charge on any atom is -0.439 e. The zero-order chi connectivity index (χ0) is 14.3. The Balaban J connectivity index is 1.65. The van der Waals surface area contributed by atoms with Gasteiger partial charge in [-0.1, -0.05) is 24.3 Å². The molecule has 0 aliphatic carbocycles. The normalized spacial score (nSPS) is 10.5. The van der Waals surface area contributed by atoms with Gasteiger partial charge >= 0.3 is 0 Å². The van der Waals surface area contributed by atoms with E-state index in [0.29, 0.717) is 19.0 Å². The van der Waals surface area contributed by atoms with Gasteiger partial charge in [0, 0.05) is 30.7 Å². The van der Waals surface area contributed by atoms with E-state index < -0.39 is 0 Å². The van der Waals surface area contributed by atoms with E-state index in [0.717, 1.165) is 17.1 Å². The molecule has 1 aromatic carbocycles. The monoisotopic (exact) mass is 280 g/mol. The van der Waals surface area contributed by atoms with Crippen LogP contribution < -0.4 is 10.1 Å². The molecule has 3 rings (SSSR count). The van der Waals surface area contributed by atoms with Crippen LogP contribution in [0.2, 0.25) is 0 Å². The summed E-state index contributed by atoms with van der Waals surface area (Å²) in [7, 11) is 0. The van der Waals surface area contributed by atoms with Crippen molar-refractivity contribution in [1.29, 1.82) is 0 Å². The molecule has 0 fully saturated rings. The van der Waals surface area contributed by atoms with Crippen molar-refractivity contribution in [2.75, 3.05) is 0 Å². The number of para-hydroxylation sites is 1. The highest BCUT2D eigenvalue weighted by Gasteiger charge is 2.06. The predicted octanol–water partition coefficient (Wildman–Crippen LogP) is 2.89. The zero-order valence-electron chi connectivity index (χ0n) is 11.5. The highest BCUT2D eigenvalue weighted by Crippen LogP contribution is 2.22. The third-order valence-electron chi connectivity index (χ3n) is 2.97. The second-order valence-corrected chi connectivity index (χ2v) is 4.52. The molecule has 0 atom stereocenters. The van der Waals surface area contributed by atoms with Gasteiger partial charge in [-0.25, -0.2) is 9.97 Å². The van der Waals surface area contributed by atoms with Gasteiger partial charge in [0.15, 0.2) is 0 Å². The lowest BCUT2D eigenvalue weighted by Gasteiger charge is -2.10. The maximum atomic E-state index is 5.82. The topological polar surface area (TPSA) is 62.8 Å². The first-order chi connectivity index (χ1) is 10.4. The lowest BCUT2D eigenvalue weighted by Crippen LogP contribution is -2.14. The largest absolute Gasteiger partial charge is 0.439 e. The third kappa shape index (κ3) is 3.67. The molecule has 0 bridgehead atoms. The average Bonchev–Trinajstić information content (AvgIpc) is 3.03. The standard InChI is InChI=1S/C16H16N4O/c1-2-6-14(7-3-1)21-16-13(5-4-8-20-16)11-17-12-15-18-9-10-19-15/h1-10,17H,11-12H2,(H,18,19). The van der Waals surface area contributed by atoms with Crippen molar-refractivity contribution < 1.29 is 4.74 Å². The first-order valence-corrected chi connectivity index (χ1v) is 6.77. The maximum absolute atomic E-state index is 5.82. The number of nitrogens with zero attached hydrogens (tertiary/aromatic N) is 2. The van der Waals surface area contributed by atoms with E-state index in [1.54, 1.807) is 12.4 Å². The molecule has 0 saturated heterocycles. The molecule has 0 spiro atoms. The minimum absolute atomic E-state index is 0.621. The Morgan fingerprint density at radius 2 is 1.86 bits per heavy atom. The van der Waals surface area contributed by atoms with Gasteiger partial charge in [0.05, 0.1) is 6.54 Å². The molecular formula is C16H16N4O. The van der Waals surface area contributed by atoms with Gasteiger partial charge in [0.1, 0.15) is 11.6 Å². The van der Waals surface area contributed by atoms with E-state index in [4.69, 9.17) is 4.74 Å². The number of aromatic amines is 1. The summed E-state index contributed by atoms with van der Waals surface area (Å²) >= 11 is 0. The van der Waals surface area contributed by atoms with Crippen molar-refractivity contribution in [3.05, 3.63) is 72.4 Å². The number of nitrogens with one attached hydrogen (secondary N) is 2. The summed E-state index contributed by atoms with van der Waals surface area (Å²) in [6.07, 6.45) is 5.28. The van der Waals surface area contributed by atoms with Crippen molar-refractivity contribution in [1.82, 2.24) is 20.3 Å². The number of hydrogen-bond donors (Lipinski definition) is 2. The molecule has 2 N–H and O–H groups in total. The highest BCUT2D eigenvalue weighted by molar-refractivity contribution is 5.31. The first-order valence-electron chi connectivity index (χ1n) is 6.77. The molecule has 0 saturated carbocycles. The van der Waals surface area contributed by atoms with Crippen molar-refractivity contribution in [2.45, 2.75) is 13.1 Å². The lowest BCUT2D eigenvalue weighted by molar-refractivity contribution is 0.452. The van der Waals surface area contributed by atoms with Crippen molar-refractivity contribution in [3.8, 4) is 11.6 Å². The lowest BCUT2D eigenvalue weighted by atomic mass is 10.2. The fraction of sp³-hybridized carbons (Fsp3) is 0.125. The Morgan fingerprint density at radius 3 is 2.67 bits per heavy atom. The second-order valence-electron chi connectivity index (χ2n) is 4.52. The van der Waals surface area contributed by atoms with Gasteiger partial charge in [-0.3, -0.25) is 0 Å². The van der Waals surface area contributed by atoms with E-state index in [-0.39, 0.29) is 0 Å². The Bertz CT molecular complexity index is 668. The molecule has 2 heterocycles. The van der Waals surface area contributed by atoms with Crippen LogP contribution in [0.1, 0.15) is 11.4 Å². The summed E-state index contributed by atoms with van der Waals surface area (Å²) in [5.74, 6) is 2.31. The van der Waals surface area contributed by atoms with Crippen LogP contribution in [0.5, 0.6) is 11.6 Å². The molecule has 2 aromatic heterocycles. The molecule has 5 nitrogen and oxygen atoms in total. The predicted molar refractivity (Wildman–Crippen MR) is 79.9 cm³/mol. The maximum Gasteiger partial charge on any atom is 0.223 e. The summed E-state index contributed by atoms with van der Waals surface area (Å²) in [6, 6.07) is 13.6. The van der Waals surface area contributed by atoms with Gasteiger partial charge in [-0.2, -0.15) is 0 Å². The Morgan fingerprint density at radius 1 is 0.952 bits per heavy atom. The van der Waals surface area contributed by atoms with Crippen LogP contribution in [0.4, 0.5) is 0 Å². The van der Waals surface area contributed by atoms with Gasteiger partial charge in [0.25, 0.3) is 0 Å². The number of rotatable bonds is 6. The fourth-order valence-electron chi connectivity index (χ4n) is 1.96. The number of aromatic nitrogens is 3. The molecule has 0 amide bonds. The van der Waals surface area contributed by atoms with E-state index >= 15 is 0 Å². The molecule has 106 valence electrons. The Hall–Kier alpha value is -2.66. The summed E-state index contributed by atoms with van der Waals surface area (Å²) in [6.45, 7) is 1.34. The first kappa shape index (κ1) is 13.3. The quantitative estimate of drug-likeness (QED) is 0.729. The van der Waals surface area contributed by atoms with Crippen LogP contribution in [0.25, 0.3) is 0 Å². The number of imidazole rings is 1. The molecule has 0 unspecified atom stereocenters. The molecule has 0 aliphatic heterocycles. The molecule has 3 aromatic rings. The van der Waals surface area contributed by atoms with Crippen LogP contribution in [0, 0.1) is 0 Å². The van der Waals surface area contributed by atoms with Gasteiger partial charge in [-0.05, 0) is 18.2 Å². The number of ether oxygens (including phenoxy) is 1.